The summed E-state index contributed by atoms with van der Waals surface area (Å²) < 4.78 is 0. The molecule has 50 valence electrons. The van der Waals surface area contributed by atoms with Gasteiger partial charge in [-0.2, -0.15) is 13.5 Å². The summed E-state index contributed by atoms with van der Waals surface area (Å²) in [7, 11) is 0. The molecule has 1 heteroatoms. The molecule has 0 aliphatic heterocycles. The monoisotopic (exact) mass is 140 g/mol. The quantitative estimate of drug-likeness (QED) is 0.519. The second-order valence-corrected chi connectivity index (χ2v) is 2.15. The molecular weight excluding hydrogens is 128 g/mol. The van der Waals surface area contributed by atoms with Gasteiger partial charge in [0.2, 0.25) is 0 Å². The van der Waals surface area contributed by atoms with Crippen molar-refractivity contribution < 1.29 is 0 Å². The summed E-state index contributed by atoms with van der Waals surface area (Å²) in [5.41, 5.74) is 2.66. The van der Waals surface area contributed by atoms with Gasteiger partial charge in [-0.25, -0.2) is 0 Å². The summed E-state index contributed by atoms with van der Waals surface area (Å²) >= 11 is 0. The lowest BCUT2D eigenvalue weighted by Gasteiger charge is -1.90. The highest BCUT2D eigenvalue weighted by molar-refractivity contribution is 7.59. The molecule has 0 atom stereocenters. The summed E-state index contributed by atoms with van der Waals surface area (Å²) in [4.78, 5) is 0. The van der Waals surface area contributed by atoms with Crippen molar-refractivity contribution in [2.24, 2.45) is 0 Å². The number of hydrogen-bond donors (Lipinski definition) is 0. The topological polar surface area (TPSA) is 0 Å². The lowest BCUT2D eigenvalue weighted by molar-refractivity contribution is 1.40. The Hall–Kier alpha value is -0.430. The van der Waals surface area contributed by atoms with Gasteiger partial charge in [0.15, 0.2) is 0 Å². The Labute approximate surface area is 63.4 Å². The zero-order chi connectivity index (χ0) is 5.98. The molecule has 0 aliphatic carbocycles. The first kappa shape index (κ1) is 8.57. The minimum Gasteiger partial charge on any atom is -0.197 e. The van der Waals surface area contributed by atoms with E-state index >= 15 is 0 Å². The predicted octanol–water partition coefficient (Wildman–Crippen LogP) is 2.42. The van der Waals surface area contributed by atoms with E-state index < -0.39 is 0 Å². The lowest BCUT2D eigenvalue weighted by atomic mass is 10.2. The van der Waals surface area contributed by atoms with Crippen LogP contribution in [0.25, 0.3) is 0 Å². The van der Waals surface area contributed by atoms with Crippen molar-refractivity contribution in [2.75, 3.05) is 0 Å². The van der Waals surface area contributed by atoms with Gasteiger partial charge in [-0.3, -0.25) is 0 Å². The molecule has 1 aromatic rings. The third-order valence-corrected chi connectivity index (χ3v) is 1.22. The maximum absolute atomic E-state index is 2.12. The number of benzene rings is 1. The van der Waals surface area contributed by atoms with Crippen molar-refractivity contribution >= 4 is 13.5 Å². The Kier molecular flexibility index (Phi) is 3.40. The van der Waals surface area contributed by atoms with E-state index in [2.05, 4.69) is 38.1 Å². The van der Waals surface area contributed by atoms with Crippen LogP contribution >= 0.6 is 13.5 Å². The molecular formula is C8H12S. The molecule has 0 nitrogen and oxygen atoms in total. The largest absolute Gasteiger partial charge is 0.197 e. The van der Waals surface area contributed by atoms with Crippen molar-refractivity contribution in [3.05, 3.63) is 35.4 Å². The number of aryl methyl sites for hydroxylation is 2. The van der Waals surface area contributed by atoms with E-state index in [1.165, 1.54) is 11.1 Å². The van der Waals surface area contributed by atoms with Crippen LogP contribution in [0.15, 0.2) is 24.3 Å². The summed E-state index contributed by atoms with van der Waals surface area (Å²) in [5.74, 6) is 0. The van der Waals surface area contributed by atoms with Crippen molar-refractivity contribution in [3.63, 3.8) is 0 Å². The highest BCUT2D eigenvalue weighted by atomic mass is 32.1. The highest BCUT2D eigenvalue weighted by Crippen LogP contribution is 1.99. The van der Waals surface area contributed by atoms with E-state index in [9.17, 15) is 0 Å². The van der Waals surface area contributed by atoms with Crippen molar-refractivity contribution in [1.82, 2.24) is 0 Å². The molecule has 1 rings (SSSR count). The standard InChI is InChI=1S/C8H10.H2S/c1-7-3-5-8(2)6-4-7;/h3-6H,1-2H3;1H2. The van der Waals surface area contributed by atoms with Gasteiger partial charge < -0.3 is 0 Å². The lowest BCUT2D eigenvalue weighted by Crippen LogP contribution is -1.70. The molecule has 0 aromatic heterocycles. The molecule has 0 bridgehead atoms. The molecule has 0 N–H and O–H groups in total. The summed E-state index contributed by atoms with van der Waals surface area (Å²) in [6.45, 7) is 4.19. The summed E-state index contributed by atoms with van der Waals surface area (Å²) in [6, 6.07) is 8.48. The van der Waals surface area contributed by atoms with E-state index in [1.54, 1.807) is 0 Å². The summed E-state index contributed by atoms with van der Waals surface area (Å²) in [6.07, 6.45) is 0. The van der Waals surface area contributed by atoms with E-state index in [1.807, 2.05) is 0 Å². The Morgan fingerprint density at radius 2 is 1.00 bits per heavy atom. The number of hydrogen-bond acceptors (Lipinski definition) is 0. The first-order valence-corrected chi connectivity index (χ1v) is 2.82. The molecule has 1 aromatic carbocycles. The van der Waals surface area contributed by atoms with Crippen molar-refractivity contribution in [1.29, 1.82) is 0 Å². The molecule has 0 heterocycles. The van der Waals surface area contributed by atoms with Crippen LogP contribution in [0, 0.1) is 13.8 Å². The van der Waals surface area contributed by atoms with Crippen LogP contribution in [0.2, 0.25) is 0 Å². The molecule has 0 radical (unpaired) electrons. The average molecular weight is 140 g/mol. The molecule has 0 fully saturated rings. The van der Waals surface area contributed by atoms with Gasteiger partial charge in [-0.15, -0.1) is 0 Å². The highest BCUT2D eigenvalue weighted by Gasteiger charge is 1.79. The second kappa shape index (κ2) is 3.57. The van der Waals surface area contributed by atoms with E-state index in [4.69, 9.17) is 0 Å². The molecule has 0 unspecified atom stereocenters. The Morgan fingerprint density at radius 1 is 0.778 bits per heavy atom. The average Bonchev–Trinajstić information content (AvgIpc) is 1.77. The molecule has 0 aliphatic rings. The van der Waals surface area contributed by atoms with Crippen LogP contribution in [0.3, 0.4) is 0 Å². The Bertz CT molecular complexity index is 143. The third-order valence-electron chi connectivity index (χ3n) is 1.22. The van der Waals surface area contributed by atoms with E-state index in [0.717, 1.165) is 0 Å². The summed E-state index contributed by atoms with van der Waals surface area (Å²) in [5, 5.41) is 0. The van der Waals surface area contributed by atoms with Gasteiger partial charge in [0.25, 0.3) is 0 Å². The van der Waals surface area contributed by atoms with Crippen LogP contribution in [0.4, 0.5) is 0 Å². The minimum atomic E-state index is 0. The zero-order valence-electron chi connectivity index (χ0n) is 5.81. The van der Waals surface area contributed by atoms with Gasteiger partial charge >= 0.3 is 0 Å². The fourth-order valence-corrected chi connectivity index (χ4v) is 0.637. The molecule has 0 spiro atoms. The van der Waals surface area contributed by atoms with Crippen molar-refractivity contribution in [2.45, 2.75) is 13.8 Å². The fourth-order valence-electron chi connectivity index (χ4n) is 0.637. The SMILES string of the molecule is Cc1ccc(C)cc1.S. The fraction of sp³-hybridized carbons (Fsp3) is 0.250. The maximum atomic E-state index is 2.12. The maximum Gasteiger partial charge on any atom is -0.0398 e. The van der Waals surface area contributed by atoms with Gasteiger partial charge in [-0.05, 0) is 13.8 Å². The van der Waals surface area contributed by atoms with E-state index in [0.29, 0.717) is 0 Å². The molecule has 0 saturated heterocycles. The van der Waals surface area contributed by atoms with Crippen LogP contribution in [-0.4, -0.2) is 0 Å². The first-order valence-electron chi connectivity index (χ1n) is 2.82. The van der Waals surface area contributed by atoms with Gasteiger partial charge in [0.05, 0.1) is 0 Å². The predicted molar refractivity (Wildman–Crippen MR) is 46.3 cm³/mol. The third kappa shape index (κ3) is 2.56. The normalized spacial score (nSPS) is 8.22. The van der Waals surface area contributed by atoms with Gasteiger partial charge in [-0.1, -0.05) is 35.4 Å². The Balaban J connectivity index is 0.000000640. The van der Waals surface area contributed by atoms with Gasteiger partial charge in [0, 0.05) is 0 Å². The Morgan fingerprint density at radius 3 is 1.22 bits per heavy atom. The zero-order valence-corrected chi connectivity index (χ0v) is 6.81. The molecule has 0 saturated carbocycles. The van der Waals surface area contributed by atoms with Crippen LogP contribution in [0.1, 0.15) is 11.1 Å². The second-order valence-electron chi connectivity index (χ2n) is 2.15. The van der Waals surface area contributed by atoms with Gasteiger partial charge in [0.1, 0.15) is 0 Å². The van der Waals surface area contributed by atoms with Crippen molar-refractivity contribution in [3.8, 4) is 0 Å². The van der Waals surface area contributed by atoms with Crippen LogP contribution in [-0.2, 0) is 0 Å². The van der Waals surface area contributed by atoms with Crippen LogP contribution in [0.5, 0.6) is 0 Å². The first-order chi connectivity index (χ1) is 3.79. The van der Waals surface area contributed by atoms with Crippen LogP contribution < -0.4 is 0 Å². The number of rotatable bonds is 0. The molecule has 9 heavy (non-hydrogen) atoms. The smallest absolute Gasteiger partial charge is 0.0398 e. The minimum absolute atomic E-state index is 0. The van der Waals surface area contributed by atoms with E-state index in [-0.39, 0.29) is 13.5 Å². The molecule has 0 amide bonds.